The monoisotopic (exact) mass is 256 g/mol. The van der Waals surface area contributed by atoms with Gasteiger partial charge in [-0.2, -0.15) is 0 Å². The molecule has 1 heterocycles. The summed E-state index contributed by atoms with van der Waals surface area (Å²) in [5.74, 6) is 0. The van der Waals surface area contributed by atoms with Crippen molar-refractivity contribution >= 4 is 11.4 Å². The molecular weight excluding hydrogens is 238 g/mol. The summed E-state index contributed by atoms with van der Waals surface area (Å²) in [5.41, 5.74) is 6.49. The molecule has 0 unspecified atom stereocenters. The van der Waals surface area contributed by atoms with E-state index in [4.69, 9.17) is 10.5 Å². The minimum atomic E-state index is -2.52. The highest BCUT2D eigenvalue weighted by molar-refractivity contribution is 5.60. The Morgan fingerprint density at radius 1 is 1.28 bits per heavy atom. The van der Waals surface area contributed by atoms with E-state index in [1.54, 1.807) is 12.1 Å². The molecule has 0 radical (unpaired) electrons. The third kappa shape index (κ3) is 2.72. The van der Waals surface area contributed by atoms with E-state index in [1.807, 2.05) is 18.7 Å². The van der Waals surface area contributed by atoms with Gasteiger partial charge in [-0.3, -0.25) is 0 Å². The van der Waals surface area contributed by atoms with Gasteiger partial charge in [0.15, 0.2) is 0 Å². The molecule has 1 aliphatic heterocycles. The minimum Gasteiger partial charge on any atom is -0.399 e. The first-order chi connectivity index (χ1) is 8.47. The van der Waals surface area contributed by atoms with Crippen molar-refractivity contribution in [3.8, 4) is 0 Å². The molecular formula is C13H18F2N2O. The van der Waals surface area contributed by atoms with E-state index in [2.05, 4.69) is 0 Å². The minimum absolute atomic E-state index is 0.00343. The molecule has 1 aliphatic rings. The number of ether oxygens (including phenoxy) is 1. The van der Waals surface area contributed by atoms with Crippen LogP contribution in [0.25, 0.3) is 0 Å². The zero-order chi connectivity index (χ0) is 13.3. The summed E-state index contributed by atoms with van der Waals surface area (Å²) in [5, 5.41) is 0. The van der Waals surface area contributed by atoms with Crippen LogP contribution in [0.15, 0.2) is 18.2 Å². The SMILES string of the molecule is C[C@@H]1CN(c2ccc(N)cc2C(F)F)C[C@H](C)O1. The van der Waals surface area contributed by atoms with E-state index < -0.39 is 6.43 Å². The molecule has 2 atom stereocenters. The Bertz CT molecular complexity index is 415. The van der Waals surface area contributed by atoms with Gasteiger partial charge in [-0.25, -0.2) is 8.78 Å². The van der Waals surface area contributed by atoms with Gasteiger partial charge in [-0.05, 0) is 32.0 Å². The number of alkyl halides is 2. The van der Waals surface area contributed by atoms with Crippen molar-refractivity contribution in [3.63, 3.8) is 0 Å². The molecule has 1 aromatic carbocycles. The number of benzene rings is 1. The number of halogens is 2. The number of nitrogen functional groups attached to an aromatic ring is 1. The predicted octanol–water partition coefficient (Wildman–Crippen LogP) is 2.82. The van der Waals surface area contributed by atoms with Crippen molar-refractivity contribution < 1.29 is 13.5 Å². The average Bonchev–Trinajstić information content (AvgIpc) is 2.27. The topological polar surface area (TPSA) is 38.5 Å². The van der Waals surface area contributed by atoms with Crippen molar-refractivity contribution in [2.75, 3.05) is 23.7 Å². The van der Waals surface area contributed by atoms with Crippen molar-refractivity contribution in [3.05, 3.63) is 23.8 Å². The lowest BCUT2D eigenvalue weighted by Crippen LogP contribution is -2.45. The van der Waals surface area contributed by atoms with Gasteiger partial charge in [-0.15, -0.1) is 0 Å². The molecule has 0 aliphatic carbocycles. The maximum absolute atomic E-state index is 13.0. The number of rotatable bonds is 2. The van der Waals surface area contributed by atoms with Crippen molar-refractivity contribution in [1.29, 1.82) is 0 Å². The molecule has 2 N–H and O–H groups in total. The molecule has 0 amide bonds. The Morgan fingerprint density at radius 3 is 2.44 bits per heavy atom. The summed E-state index contributed by atoms with van der Waals surface area (Å²) in [6, 6.07) is 4.68. The molecule has 1 fully saturated rings. The van der Waals surface area contributed by atoms with Crippen LogP contribution in [-0.2, 0) is 4.74 Å². The second kappa shape index (κ2) is 5.10. The van der Waals surface area contributed by atoms with Crippen LogP contribution in [0.5, 0.6) is 0 Å². The Morgan fingerprint density at radius 2 is 1.89 bits per heavy atom. The molecule has 0 saturated carbocycles. The normalized spacial score (nSPS) is 24.6. The van der Waals surface area contributed by atoms with Crippen LogP contribution in [0.1, 0.15) is 25.8 Å². The zero-order valence-electron chi connectivity index (χ0n) is 10.6. The molecule has 3 nitrogen and oxygen atoms in total. The summed E-state index contributed by atoms with van der Waals surface area (Å²) >= 11 is 0. The number of morpholine rings is 1. The third-order valence-electron chi connectivity index (χ3n) is 3.05. The Balaban J connectivity index is 2.32. The molecule has 0 bridgehead atoms. The fraction of sp³-hybridized carbons (Fsp3) is 0.538. The van der Waals surface area contributed by atoms with Crippen LogP contribution in [0.4, 0.5) is 20.2 Å². The lowest BCUT2D eigenvalue weighted by molar-refractivity contribution is -0.00545. The lowest BCUT2D eigenvalue weighted by atomic mass is 10.1. The van der Waals surface area contributed by atoms with Gasteiger partial charge in [0, 0.05) is 30.0 Å². The van der Waals surface area contributed by atoms with E-state index >= 15 is 0 Å². The molecule has 1 saturated heterocycles. The Hall–Kier alpha value is -1.36. The van der Waals surface area contributed by atoms with Crippen LogP contribution in [-0.4, -0.2) is 25.3 Å². The van der Waals surface area contributed by atoms with E-state index in [1.165, 1.54) is 6.07 Å². The summed E-state index contributed by atoms with van der Waals surface area (Å²) in [6.45, 7) is 5.13. The number of hydrogen-bond donors (Lipinski definition) is 1. The van der Waals surface area contributed by atoms with Gasteiger partial charge in [0.1, 0.15) is 0 Å². The van der Waals surface area contributed by atoms with Gasteiger partial charge in [0.05, 0.1) is 12.2 Å². The fourth-order valence-corrected chi connectivity index (χ4v) is 2.41. The quantitative estimate of drug-likeness (QED) is 0.827. The standard InChI is InChI=1S/C13H18F2N2O/c1-8-6-17(7-9(2)18-8)12-4-3-10(16)5-11(12)13(14)15/h3-5,8-9,13H,6-7,16H2,1-2H3/t8-,9+. The van der Waals surface area contributed by atoms with Gasteiger partial charge < -0.3 is 15.4 Å². The molecule has 2 rings (SSSR count). The lowest BCUT2D eigenvalue weighted by Gasteiger charge is -2.37. The van der Waals surface area contributed by atoms with Gasteiger partial charge >= 0.3 is 0 Å². The number of nitrogens with zero attached hydrogens (tertiary/aromatic N) is 1. The second-order valence-corrected chi connectivity index (χ2v) is 4.78. The summed E-state index contributed by atoms with van der Waals surface area (Å²) in [6.07, 6.45) is -2.44. The first kappa shape index (κ1) is 13.1. The van der Waals surface area contributed by atoms with Gasteiger partial charge in [0.2, 0.25) is 0 Å². The smallest absolute Gasteiger partial charge is 0.265 e. The zero-order valence-corrected chi connectivity index (χ0v) is 10.6. The molecule has 1 aromatic rings. The van der Waals surface area contributed by atoms with Crippen LogP contribution in [0.2, 0.25) is 0 Å². The predicted molar refractivity (Wildman–Crippen MR) is 68.0 cm³/mol. The first-order valence-electron chi connectivity index (χ1n) is 6.05. The van der Waals surface area contributed by atoms with Crippen LogP contribution in [0.3, 0.4) is 0 Å². The highest BCUT2D eigenvalue weighted by Gasteiger charge is 2.25. The van der Waals surface area contributed by atoms with Gasteiger partial charge in [-0.1, -0.05) is 0 Å². The number of nitrogens with two attached hydrogens (primary N) is 1. The molecule has 100 valence electrons. The average molecular weight is 256 g/mol. The van der Waals surface area contributed by atoms with Crippen molar-refractivity contribution in [2.45, 2.75) is 32.5 Å². The number of anilines is 2. The van der Waals surface area contributed by atoms with Gasteiger partial charge in [0.25, 0.3) is 6.43 Å². The van der Waals surface area contributed by atoms with E-state index in [-0.39, 0.29) is 17.8 Å². The van der Waals surface area contributed by atoms with E-state index in [0.29, 0.717) is 24.5 Å². The molecule has 5 heteroatoms. The highest BCUT2D eigenvalue weighted by Crippen LogP contribution is 2.33. The highest BCUT2D eigenvalue weighted by atomic mass is 19.3. The summed E-state index contributed by atoms with van der Waals surface area (Å²) < 4.78 is 31.7. The fourth-order valence-electron chi connectivity index (χ4n) is 2.41. The van der Waals surface area contributed by atoms with Crippen LogP contribution >= 0.6 is 0 Å². The van der Waals surface area contributed by atoms with E-state index in [0.717, 1.165) is 0 Å². The molecule has 0 aromatic heterocycles. The first-order valence-corrected chi connectivity index (χ1v) is 6.05. The van der Waals surface area contributed by atoms with Crippen molar-refractivity contribution in [1.82, 2.24) is 0 Å². The third-order valence-corrected chi connectivity index (χ3v) is 3.05. The maximum atomic E-state index is 13.0. The van der Waals surface area contributed by atoms with Crippen molar-refractivity contribution in [2.24, 2.45) is 0 Å². The molecule has 0 spiro atoms. The van der Waals surface area contributed by atoms with Crippen LogP contribution in [0, 0.1) is 0 Å². The summed E-state index contributed by atoms with van der Waals surface area (Å²) in [4.78, 5) is 1.94. The largest absolute Gasteiger partial charge is 0.399 e. The Labute approximate surface area is 106 Å². The molecule has 18 heavy (non-hydrogen) atoms. The van der Waals surface area contributed by atoms with E-state index in [9.17, 15) is 8.78 Å². The van der Waals surface area contributed by atoms with Crippen LogP contribution < -0.4 is 10.6 Å². The number of hydrogen-bond acceptors (Lipinski definition) is 3. The summed E-state index contributed by atoms with van der Waals surface area (Å²) in [7, 11) is 0. The maximum Gasteiger partial charge on any atom is 0.265 e. The second-order valence-electron chi connectivity index (χ2n) is 4.78. The Kier molecular flexibility index (Phi) is 3.71.